The number of rotatable bonds is 8. The number of aliphatic hydroxyl groups excluding tert-OH is 1. The van der Waals surface area contributed by atoms with Crippen molar-refractivity contribution in [1.29, 1.82) is 0 Å². The number of carbonyl (C=O) groups excluding carboxylic acids is 1. The molecule has 0 saturated carbocycles. The molecule has 0 aliphatic carbocycles. The Balaban J connectivity index is 0.00000119. The first kappa shape index (κ1) is 31.8. The predicted octanol–water partition coefficient (Wildman–Crippen LogP) is 4.93. The molecule has 0 unspecified atom stereocenters. The second kappa shape index (κ2) is 14.9. The van der Waals surface area contributed by atoms with Crippen LogP contribution in [0, 0.1) is 27.7 Å². The minimum absolute atomic E-state index is 0. The minimum atomic E-state index is -0.125. The molecule has 0 spiro atoms. The smallest absolute Gasteiger partial charge is 0.155 e. The van der Waals surface area contributed by atoms with Crippen molar-refractivity contribution in [2.45, 2.75) is 54.6 Å². The number of hydrogen-bond donors (Lipinski definition) is 3. The largest absolute Gasteiger partial charge is 0.512 e. The SMILES string of the molecule is CC(=O)/C=C(\C)O.Cc1cc(C)c(O)c(CN(CCN(C)C)Cc2cc(C)cc(C)c2O)c1.[V]. The summed E-state index contributed by atoms with van der Waals surface area (Å²) >= 11 is 0. The molecule has 2 rings (SSSR count). The van der Waals surface area contributed by atoms with E-state index in [4.69, 9.17) is 5.11 Å². The van der Waals surface area contributed by atoms with Crippen LogP contribution < -0.4 is 0 Å². The molecule has 2 aromatic rings. The van der Waals surface area contributed by atoms with E-state index in [1.54, 1.807) is 0 Å². The van der Waals surface area contributed by atoms with E-state index in [1.807, 2.05) is 38.1 Å². The van der Waals surface area contributed by atoms with Gasteiger partial charge in [0, 0.05) is 61.9 Å². The molecule has 1 radical (unpaired) electrons. The van der Waals surface area contributed by atoms with E-state index in [9.17, 15) is 15.0 Å². The monoisotopic (exact) mass is 507 g/mol. The molecule has 0 aromatic heterocycles. The molecule has 0 amide bonds. The fraction of sp³-hybridized carbons (Fsp3) is 0.444. The molecule has 2 aromatic carbocycles. The molecule has 0 atom stereocenters. The van der Waals surface area contributed by atoms with Gasteiger partial charge in [0.2, 0.25) is 0 Å². The van der Waals surface area contributed by atoms with Crippen molar-refractivity contribution in [3.8, 4) is 11.5 Å². The van der Waals surface area contributed by atoms with E-state index in [0.29, 0.717) is 24.6 Å². The van der Waals surface area contributed by atoms with Crippen LogP contribution in [0.4, 0.5) is 0 Å². The number of aryl methyl sites for hydroxylation is 4. The zero-order chi connectivity index (χ0) is 25.3. The van der Waals surface area contributed by atoms with Gasteiger partial charge in [0.25, 0.3) is 0 Å². The Bertz CT molecular complexity index is 924. The van der Waals surface area contributed by atoms with Crippen LogP contribution in [0.2, 0.25) is 0 Å². The quantitative estimate of drug-likeness (QED) is 0.347. The normalized spacial score (nSPS) is 11.2. The number of carbonyl (C=O) groups is 1. The maximum Gasteiger partial charge on any atom is 0.155 e. The average molecular weight is 508 g/mol. The maximum atomic E-state index is 10.5. The van der Waals surface area contributed by atoms with Gasteiger partial charge in [-0.3, -0.25) is 9.69 Å². The molecule has 3 N–H and O–H groups in total. The maximum absolute atomic E-state index is 10.5. The van der Waals surface area contributed by atoms with E-state index >= 15 is 0 Å². The first-order valence-electron chi connectivity index (χ1n) is 11.1. The molecule has 6 nitrogen and oxygen atoms in total. The third-order valence-corrected chi connectivity index (χ3v) is 5.11. The molecule has 0 bridgehead atoms. The van der Waals surface area contributed by atoms with Gasteiger partial charge in [-0.05, 0) is 66.8 Å². The van der Waals surface area contributed by atoms with E-state index in [-0.39, 0.29) is 30.1 Å². The molecule has 0 aliphatic rings. The summed E-state index contributed by atoms with van der Waals surface area (Å²) in [5.41, 5.74) is 5.98. The second-order valence-electron chi connectivity index (χ2n) is 9.09. The molecular formula is C27H40N2O4V. The topological polar surface area (TPSA) is 84.2 Å². The number of benzene rings is 2. The molecule has 0 aliphatic heterocycles. The van der Waals surface area contributed by atoms with E-state index in [2.05, 4.69) is 37.7 Å². The van der Waals surface area contributed by atoms with Gasteiger partial charge in [0.05, 0.1) is 5.76 Å². The summed E-state index contributed by atoms with van der Waals surface area (Å²) < 4.78 is 0. The van der Waals surface area contributed by atoms with E-state index < -0.39 is 0 Å². The number of likely N-dealkylation sites (N-methyl/N-ethyl adjacent to an activating group) is 1. The Morgan fingerprint density at radius 1 is 0.824 bits per heavy atom. The van der Waals surface area contributed by atoms with Gasteiger partial charge in [-0.1, -0.05) is 35.4 Å². The number of aliphatic hydroxyl groups is 1. The van der Waals surface area contributed by atoms with E-state index in [0.717, 1.165) is 46.5 Å². The van der Waals surface area contributed by atoms with Gasteiger partial charge in [-0.15, -0.1) is 0 Å². The number of phenolic OH excluding ortho intramolecular Hbond substituents is 2. The molecule has 0 fully saturated rings. The summed E-state index contributed by atoms with van der Waals surface area (Å²) in [7, 11) is 4.11. The number of hydrogen-bond acceptors (Lipinski definition) is 6. The Labute approximate surface area is 216 Å². The fourth-order valence-electron chi connectivity index (χ4n) is 3.67. The van der Waals surface area contributed by atoms with Crippen LogP contribution in [0.5, 0.6) is 11.5 Å². The molecule has 7 heteroatoms. The average Bonchev–Trinajstić information content (AvgIpc) is 2.66. The van der Waals surface area contributed by atoms with Gasteiger partial charge < -0.3 is 20.2 Å². The van der Waals surface area contributed by atoms with Crippen molar-refractivity contribution >= 4 is 5.78 Å². The molecule has 187 valence electrons. The van der Waals surface area contributed by atoms with Gasteiger partial charge in [-0.25, -0.2) is 0 Å². The number of ketones is 1. The van der Waals surface area contributed by atoms with Crippen LogP contribution in [0.3, 0.4) is 0 Å². The summed E-state index contributed by atoms with van der Waals surface area (Å²) in [5, 5.41) is 29.3. The van der Waals surface area contributed by atoms with Gasteiger partial charge in [0.15, 0.2) is 5.78 Å². The number of allylic oxidation sites excluding steroid dienone is 2. The number of phenols is 2. The van der Waals surface area contributed by atoms with Crippen LogP contribution in [-0.2, 0) is 36.4 Å². The number of aromatic hydroxyl groups is 2. The number of nitrogens with zero attached hydrogens (tertiary/aromatic N) is 2. The Morgan fingerprint density at radius 2 is 1.24 bits per heavy atom. The van der Waals surface area contributed by atoms with Gasteiger partial charge >= 0.3 is 0 Å². The zero-order valence-electron chi connectivity index (χ0n) is 21.8. The molecule has 0 heterocycles. The molecule has 0 saturated heterocycles. The molecule has 34 heavy (non-hydrogen) atoms. The van der Waals surface area contributed by atoms with Crippen molar-refractivity contribution in [3.63, 3.8) is 0 Å². The standard InChI is InChI=1S/C22H32N2O2.C5H8O2.V/c1-15-9-17(3)21(25)19(11-15)13-24(8-7-23(5)6)14-20-12-16(2)10-18(4)22(20)26;1-4(6)3-5(2)7;/h9-12,25-26H,7-8,13-14H2,1-6H3;3,6H,1-2H3;/b;4-3+;. The third kappa shape index (κ3) is 11.3. The Morgan fingerprint density at radius 3 is 1.53 bits per heavy atom. The predicted molar refractivity (Wildman–Crippen MR) is 135 cm³/mol. The zero-order valence-corrected chi connectivity index (χ0v) is 23.2. The first-order chi connectivity index (χ1) is 15.3. The van der Waals surface area contributed by atoms with Crippen LogP contribution in [0.1, 0.15) is 47.2 Å². The van der Waals surface area contributed by atoms with Gasteiger partial charge in [-0.2, -0.15) is 0 Å². The fourth-order valence-corrected chi connectivity index (χ4v) is 3.67. The van der Waals surface area contributed by atoms with Crippen molar-refractivity contribution in [3.05, 3.63) is 69.5 Å². The van der Waals surface area contributed by atoms with Crippen molar-refractivity contribution in [1.82, 2.24) is 9.80 Å². The van der Waals surface area contributed by atoms with Crippen molar-refractivity contribution in [2.24, 2.45) is 0 Å². The van der Waals surface area contributed by atoms with Crippen molar-refractivity contribution in [2.75, 3.05) is 27.2 Å². The van der Waals surface area contributed by atoms with Crippen molar-refractivity contribution < 1.29 is 38.7 Å². The summed E-state index contributed by atoms with van der Waals surface area (Å²) in [6.07, 6.45) is 1.17. The van der Waals surface area contributed by atoms with E-state index in [1.165, 1.54) is 19.9 Å². The van der Waals surface area contributed by atoms with Crippen LogP contribution in [-0.4, -0.2) is 58.1 Å². The first-order valence-corrected chi connectivity index (χ1v) is 11.1. The van der Waals surface area contributed by atoms with Crippen LogP contribution in [0.25, 0.3) is 0 Å². The summed E-state index contributed by atoms with van der Waals surface area (Å²) in [6.45, 7) is 13.9. The summed E-state index contributed by atoms with van der Waals surface area (Å²) in [6, 6.07) is 8.09. The Hall–Kier alpha value is -2.25. The summed E-state index contributed by atoms with van der Waals surface area (Å²) in [4.78, 5) is 14.4. The third-order valence-electron chi connectivity index (χ3n) is 5.11. The minimum Gasteiger partial charge on any atom is -0.512 e. The second-order valence-corrected chi connectivity index (χ2v) is 9.09. The van der Waals surface area contributed by atoms with Crippen LogP contribution >= 0.6 is 0 Å². The summed E-state index contributed by atoms with van der Waals surface area (Å²) in [5.74, 6) is 0.678. The van der Waals surface area contributed by atoms with Crippen LogP contribution in [0.15, 0.2) is 36.1 Å². The van der Waals surface area contributed by atoms with Gasteiger partial charge in [0.1, 0.15) is 11.5 Å². The Kier molecular flexibility index (Phi) is 13.9. The molecular weight excluding hydrogens is 467 g/mol.